The average Bonchev–Trinajstić information content (AvgIpc) is 2.69. The van der Waals surface area contributed by atoms with Crippen molar-refractivity contribution in [1.82, 2.24) is 10.4 Å². The number of nitrogens with one attached hydrogen (secondary N) is 1. The number of rotatable bonds is 3. The van der Waals surface area contributed by atoms with Gasteiger partial charge in [-0.05, 0) is 31.5 Å². The molecule has 0 bridgehead atoms. The van der Waals surface area contributed by atoms with Gasteiger partial charge in [0, 0.05) is 17.5 Å². The predicted octanol–water partition coefficient (Wildman–Crippen LogP) is 1.84. The van der Waals surface area contributed by atoms with Crippen LogP contribution in [0.1, 0.15) is 28.6 Å². The monoisotopic (exact) mass is 217 g/mol. The molecule has 0 saturated carbocycles. The van der Waals surface area contributed by atoms with E-state index in [9.17, 15) is 0 Å². The molecule has 2 aromatic heterocycles. The smallest absolute Gasteiger partial charge is 0.101 e. The van der Waals surface area contributed by atoms with Gasteiger partial charge in [0.2, 0.25) is 0 Å². The minimum Gasteiger partial charge on any atom is -0.469 e. The van der Waals surface area contributed by atoms with Crippen LogP contribution in [0.4, 0.5) is 0 Å². The van der Waals surface area contributed by atoms with Gasteiger partial charge in [-0.15, -0.1) is 0 Å². The molecule has 2 rings (SSSR count). The van der Waals surface area contributed by atoms with Crippen LogP contribution in [0.3, 0.4) is 0 Å². The average molecular weight is 217 g/mol. The Balaban J connectivity index is 2.32. The first-order chi connectivity index (χ1) is 7.70. The number of hydrazine groups is 1. The molecule has 0 aliphatic carbocycles. The van der Waals surface area contributed by atoms with Crippen molar-refractivity contribution in [2.75, 3.05) is 0 Å². The molecule has 16 heavy (non-hydrogen) atoms. The van der Waals surface area contributed by atoms with Crippen LogP contribution in [0.15, 0.2) is 35.1 Å². The molecule has 0 aliphatic rings. The van der Waals surface area contributed by atoms with Gasteiger partial charge in [0.25, 0.3) is 0 Å². The van der Waals surface area contributed by atoms with Crippen molar-refractivity contribution < 1.29 is 4.42 Å². The predicted molar refractivity (Wildman–Crippen MR) is 61.6 cm³/mol. The molecular formula is C12H15N3O. The summed E-state index contributed by atoms with van der Waals surface area (Å²) in [5, 5.41) is 0. The molecule has 84 valence electrons. The van der Waals surface area contributed by atoms with Crippen molar-refractivity contribution in [2.45, 2.75) is 19.9 Å². The van der Waals surface area contributed by atoms with Gasteiger partial charge in [0.15, 0.2) is 0 Å². The van der Waals surface area contributed by atoms with E-state index in [2.05, 4.69) is 10.4 Å². The van der Waals surface area contributed by atoms with Crippen LogP contribution in [0.25, 0.3) is 0 Å². The summed E-state index contributed by atoms with van der Waals surface area (Å²) in [6.07, 6.45) is 3.53. The third-order valence-corrected chi connectivity index (χ3v) is 2.52. The molecule has 3 N–H and O–H groups in total. The first-order valence-electron chi connectivity index (χ1n) is 5.14. The Hall–Kier alpha value is -1.65. The van der Waals surface area contributed by atoms with E-state index in [0.717, 1.165) is 22.6 Å². The molecule has 0 aromatic carbocycles. The lowest BCUT2D eigenvalue weighted by molar-refractivity contribution is 0.525. The summed E-state index contributed by atoms with van der Waals surface area (Å²) in [5.41, 5.74) is 5.78. The van der Waals surface area contributed by atoms with Gasteiger partial charge in [-0.3, -0.25) is 10.8 Å². The quantitative estimate of drug-likeness (QED) is 0.608. The summed E-state index contributed by atoms with van der Waals surface area (Å²) in [7, 11) is 0. The highest BCUT2D eigenvalue weighted by molar-refractivity contribution is 5.29. The molecule has 0 aliphatic heterocycles. The summed E-state index contributed by atoms with van der Waals surface area (Å²) >= 11 is 0. The summed E-state index contributed by atoms with van der Waals surface area (Å²) in [6.45, 7) is 3.86. The van der Waals surface area contributed by atoms with Crippen LogP contribution in [0, 0.1) is 13.8 Å². The molecule has 0 spiro atoms. The zero-order valence-corrected chi connectivity index (χ0v) is 9.40. The molecule has 4 nitrogen and oxygen atoms in total. The molecule has 0 fully saturated rings. The van der Waals surface area contributed by atoms with E-state index in [4.69, 9.17) is 10.3 Å². The fraction of sp³-hybridized carbons (Fsp3) is 0.250. The summed E-state index contributed by atoms with van der Waals surface area (Å²) in [4.78, 5) is 4.25. The van der Waals surface area contributed by atoms with Gasteiger partial charge in [-0.1, -0.05) is 6.07 Å². The number of furan rings is 1. The molecule has 0 radical (unpaired) electrons. The number of aryl methyl sites for hydroxylation is 2. The first-order valence-corrected chi connectivity index (χ1v) is 5.14. The van der Waals surface area contributed by atoms with Crippen molar-refractivity contribution in [3.05, 3.63) is 53.2 Å². The Kier molecular flexibility index (Phi) is 3.03. The topological polar surface area (TPSA) is 64.1 Å². The lowest BCUT2D eigenvalue weighted by Crippen LogP contribution is -2.28. The molecule has 1 atom stereocenters. The molecule has 1 unspecified atom stereocenters. The Morgan fingerprint density at radius 1 is 1.31 bits per heavy atom. The highest BCUT2D eigenvalue weighted by Crippen LogP contribution is 2.22. The number of pyridine rings is 1. The Labute approximate surface area is 94.5 Å². The number of nitrogens with zero attached hydrogens (tertiary/aromatic N) is 1. The standard InChI is InChI=1S/C12H15N3O/c1-8-3-4-10(6-14-8)12(15-13)11-5-9(2)16-7-11/h3-7,12,15H,13H2,1-2H3. The van der Waals surface area contributed by atoms with E-state index in [1.165, 1.54) is 0 Å². The molecule has 0 amide bonds. The van der Waals surface area contributed by atoms with E-state index in [1.54, 1.807) is 6.26 Å². The maximum atomic E-state index is 5.56. The maximum Gasteiger partial charge on any atom is 0.101 e. The fourth-order valence-electron chi connectivity index (χ4n) is 1.65. The maximum absolute atomic E-state index is 5.56. The highest BCUT2D eigenvalue weighted by atomic mass is 16.3. The zero-order valence-electron chi connectivity index (χ0n) is 9.40. The van der Waals surface area contributed by atoms with Gasteiger partial charge in [0.1, 0.15) is 5.76 Å². The fourth-order valence-corrected chi connectivity index (χ4v) is 1.65. The second-order valence-electron chi connectivity index (χ2n) is 3.82. The second kappa shape index (κ2) is 4.47. The van der Waals surface area contributed by atoms with E-state index < -0.39 is 0 Å². The third kappa shape index (κ3) is 2.13. The zero-order chi connectivity index (χ0) is 11.5. The van der Waals surface area contributed by atoms with Crippen LogP contribution in [-0.2, 0) is 0 Å². The molecule has 4 heteroatoms. The molecular weight excluding hydrogens is 202 g/mol. The Morgan fingerprint density at radius 2 is 2.12 bits per heavy atom. The largest absolute Gasteiger partial charge is 0.469 e. The number of nitrogens with two attached hydrogens (primary N) is 1. The van der Waals surface area contributed by atoms with E-state index in [1.807, 2.05) is 38.2 Å². The summed E-state index contributed by atoms with van der Waals surface area (Å²) < 4.78 is 5.28. The van der Waals surface area contributed by atoms with Crippen molar-refractivity contribution in [3.8, 4) is 0 Å². The van der Waals surface area contributed by atoms with Crippen LogP contribution < -0.4 is 11.3 Å². The van der Waals surface area contributed by atoms with Gasteiger partial charge >= 0.3 is 0 Å². The molecule has 2 heterocycles. The summed E-state index contributed by atoms with van der Waals surface area (Å²) in [5.74, 6) is 6.44. The SMILES string of the molecule is Cc1ccc(C(NN)c2coc(C)c2)cn1. The van der Waals surface area contributed by atoms with Crippen LogP contribution in [0.5, 0.6) is 0 Å². The van der Waals surface area contributed by atoms with Crippen LogP contribution >= 0.6 is 0 Å². The Bertz CT molecular complexity index is 461. The normalized spacial score (nSPS) is 12.7. The lowest BCUT2D eigenvalue weighted by atomic mass is 10.0. The van der Waals surface area contributed by atoms with Crippen LogP contribution in [-0.4, -0.2) is 4.98 Å². The van der Waals surface area contributed by atoms with Crippen molar-refractivity contribution >= 4 is 0 Å². The van der Waals surface area contributed by atoms with Crippen molar-refractivity contribution in [3.63, 3.8) is 0 Å². The van der Waals surface area contributed by atoms with Gasteiger partial charge in [0.05, 0.1) is 12.3 Å². The van der Waals surface area contributed by atoms with Crippen molar-refractivity contribution in [1.29, 1.82) is 0 Å². The van der Waals surface area contributed by atoms with E-state index in [-0.39, 0.29) is 6.04 Å². The highest BCUT2D eigenvalue weighted by Gasteiger charge is 2.14. The second-order valence-corrected chi connectivity index (χ2v) is 3.82. The minimum atomic E-state index is -0.0782. The molecule has 0 saturated heterocycles. The van der Waals surface area contributed by atoms with Gasteiger partial charge in [-0.25, -0.2) is 5.43 Å². The number of aromatic nitrogens is 1. The minimum absolute atomic E-state index is 0.0782. The Morgan fingerprint density at radius 3 is 2.62 bits per heavy atom. The van der Waals surface area contributed by atoms with Gasteiger partial charge < -0.3 is 4.42 Å². The lowest BCUT2D eigenvalue weighted by Gasteiger charge is -2.13. The van der Waals surface area contributed by atoms with Crippen molar-refractivity contribution in [2.24, 2.45) is 5.84 Å². The van der Waals surface area contributed by atoms with E-state index in [0.29, 0.717) is 0 Å². The van der Waals surface area contributed by atoms with E-state index >= 15 is 0 Å². The van der Waals surface area contributed by atoms with Crippen LogP contribution in [0.2, 0.25) is 0 Å². The number of hydrogen-bond donors (Lipinski definition) is 2. The molecule has 2 aromatic rings. The first kappa shape index (κ1) is 10.9. The summed E-state index contributed by atoms with van der Waals surface area (Å²) in [6, 6.07) is 5.86. The third-order valence-electron chi connectivity index (χ3n) is 2.52. The van der Waals surface area contributed by atoms with Gasteiger partial charge in [-0.2, -0.15) is 0 Å². The number of hydrogen-bond acceptors (Lipinski definition) is 4.